The van der Waals surface area contributed by atoms with Gasteiger partial charge in [0.25, 0.3) is 0 Å². The zero-order valence-corrected chi connectivity index (χ0v) is 9.96. The number of nitrogens with two attached hydrogens (primary N) is 1. The number of hydrogen-bond acceptors (Lipinski definition) is 4. The minimum Gasteiger partial charge on any atom is -0.340 e. The first-order valence-electron chi connectivity index (χ1n) is 4.98. The van der Waals surface area contributed by atoms with Gasteiger partial charge in [-0.1, -0.05) is 0 Å². The van der Waals surface area contributed by atoms with Crippen LogP contribution < -0.4 is 5.73 Å². The van der Waals surface area contributed by atoms with E-state index in [0.717, 1.165) is 19.1 Å². The molecule has 2 N–H and O–H groups in total. The summed E-state index contributed by atoms with van der Waals surface area (Å²) in [4.78, 5) is 13.1. The average Bonchev–Trinajstić information content (AvgIpc) is 2.86. The Morgan fingerprint density at radius 3 is 2.40 bits per heavy atom. The molecule has 1 amide bonds. The standard InChI is InChI=1S/C9H18N2O3S/c1-11(8(5-10)7-3-4-7)9(12)6-15(2,13)14/h7-8H,3-6,10H2,1-2H3. The maximum atomic E-state index is 11.6. The van der Waals surface area contributed by atoms with Crippen LogP contribution >= 0.6 is 0 Å². The van der Waals surface area contributed by atoms with Gasteiger partial charge < -0.3 is 10.6 Å². The van der Waals surface area contributed by atoms with E-state index in [2.05, 4.69) is 0 Å². The first-order chi connectivity index (χ1) is 6.85. The van der Waals surface area contributed by atoms with Crippen LogP contribution in [0.1, 0.15) is 12.8 Å². The fourth-order valence-electron chi connectivity index (χ4n) is 1.66. The molecule has 1 fully saturated rings. The second-order valence-electron chi connectivity index (χ2n) is 4.22. The predicted molar refractivity (Wildman–Crippen MR) is 58.0 cm³/mol. The van der Waals surface area contributed by atoms with E-state index in [1.807, 2.05) is 0 Å². The van der Waals surface area contributed by atoms with E-state index in [4.69, 9.17) is 5.73 Å². The Balaban J connectivity index is 2.58. The van der Waals surface area contributed by atoms with E-state index in [9.17, 15) is 13.2 Å². The van der Waals surface area contributed by atoms with Crippen LogP contribution in [-0.4, -0.2) is 50.9 Å². The molecule has 6 heteroatoms. The van der Waals surface area contributed by atoms with Gasteiger partial charge in [0.1, 0.15) is 5.75 Å². The molecule has 0 aromatic carbocycles. The molecule has 1 saturated carbocycles. The lowest BCUT2D eigenvalue weighted by atomic mass is 10.1. The normalized spacial score (nSPS) is 18.6. The summed E-state index contributed by atoms with van der Waals surface area (Å²) >= 11 is 0. The number of rotatable bonds is 5. The molecule has 0 aromatic rings. The van der Waals surface area contributed by atoms with Crippen LogP contribution in [0, 0.1) is 5.92 Å². The highest BCUT2D eigenvalue weighted by Gasteiger charge is 2.35. The third kappa shape index (κ3) is 3.79. The maximum absolute atomic E-state index is 11.6. The second-order valence-corrected chi connectivity index (χ2v) is 6.36. The van der Waals surface area contributed by atoms with Crippen molar-refractivity contribution in [1.82, 2.24) is 4.90 Å². The monoisotopic (exact) mass is 234 g/mol. The number of hydrogen-bond donors (Lipinski definition) is 1. The smallest absolute Gasteiger partial charge is 0.237 e. The Morgan fingerprint density at radius 2 is 2.07 bits per heavy atom. The molecule has 1 unspecified atom stereocenters. The van der Waals surface area contributed by atoms with E-state index in [-0.39, 0.29) is 11.9 Å². The quantitative estimate of drug-likeness (QED) is 0.677. The van der Waals surface area contributed by atoms with Crippen molar-refractivity contribution in [2.24, 2.45) is 11.7 Å². The van der Waals surface area contributed by atoms with E-state index >= 15 is 0 Å². The van der Waals surface area contributed by atoms with Crippen LogP contribution in [0.3, 0.4) is 0 Å². The van der Waals surface area contributed by atoms with Gasteiger partial charge in [-0.25, -0.2) is 8.42 Å². The summed E-state index contributed by atoms with van der Waals surface area (Å²) in [6, 6.07) is -0.000694. The Labute approximate surface area is 90.5 Å². The van der Waals surface area contributed by atoms with Gasteiger partial charge in [-0.2, -0.15) is 0 Å². The number of sulfone groups is 1. The average molecular weight is 234 g/mol. The third-order valence-corrected chi connectivity index (χ3v) is 3.46. The molecule has 1 atom stereocenters. The van der Waals surface area contributed by atoms with Crippen LogP contribution in [0.15, 0.2) is 0 Å². The summed E-state index contributed by atoms with van der Waals surface area (Å²) in [6.45, 7) is 0.399. The number of carbonyl (C=O) groups excluding carboxylic acids is 1. The fourth-order valence-corrected chi connectivity index (χ4v) is 2.31. The van der Waals surface area contributed by atoms with Gasteiger partial charge >= 0.3 is 0 Å². The van der Waals surface area contributed by atoms with Crippen molar-refractivity contribution in [2.75, 3.05) is 25.6 Å². The number of carbonyl (C=O) groups is 1. The Morgan fingerprint density at radius 1 is 1.53 bits per heavy atom. The summed E-state index contributed by atoms with van der Waals surface area (Å²) in [5.41, 5.74) is 5.57. The van der Waals surface area contributed by atoms with Crippen LogP contribution in [0.2, 0.25) is 0 Å². The van der Waals surface area contributed by atoms with Crippen LogP contribution in [0.25, 0.3) is 0 Å². The van der Waals surface area contributed by atoms with E-state index < -0.39 is 15.6 Å². The molecule has 0 spiro atoms. The van der Waals surface area contributed by atoms with Gasteiger partial charge in [0.2, 0.25) is 5.91 Å². The van der Waals surface area contributed by atoms with Gasteiger partial charge in [-0.3, -0.25) is 4.79 Å². The lowest BCUT2D eigenvalue weighted by Gasteiger charge is -2.26. The van der Waals surface area contributed by atoms with Crippen LogP contribution in [0.5, 0.6) is 0 Å². The highest BCUT2D eigenvalue weighted by molar-refractivity contribution is 7.91. The molecule has 0 radical (unpaired) electrons. The van der Waals surface area contributed by atoms with Crippen molar-refractivity contribution in [3.63, 3.8) is 0 Å². The third-order valence-electron chi connectivity index (χ3n) is 2.68. The minimum absolute atomic E-state index is 0.000694. The van der Waals surface area contributed by atoms with Crippen molar-refractivity contribution in [3.8, 4) is 0 Å². The molecular formula is C9H18N2O3S. The Bertz CT molecular complexity index is 335. The largest absolute Gasteiger partial charge is 0.340 e. The van der Waals surface area contributed by atoms with Gasteiger partial charge in [0, 0.05) is 25.9 Å². The first-order valence-corrected chi connectivity index (χ1v) is 7.04. The Hall–Kier alpha value is -0.620. The number of amides is 1. The van der Waals surface area contributed by atoms with Gasteiger partial charge in [0.15, 0.2) is 9.84 Å². The molecule has 15 heavy (non-hydrogen) atoms. The minimum atomic E-state index is -3.25. The van der Waals surface area contributed by atoms with E-state index in [1.54, 1.807) is 7.05 Å². The van der Waals surface area contributed by atoms with Crippen molar-refractivity contribution < 1.29 is 13.2 Å². The second kappa shape index (κ2) is 4.49. The van der Waals surface area contributed by atoms with Gasteiger partial charge in [-0.05, 0) is 18.8 Å². The molecule has 0 aliphatic heterocycles. The van der Waals surface area contributed by atoms with Gasteiger partial charge in [-0.15, -0.1) is 0 Å². The predicted octanol–water partition coefficient (Wildman–Crippen LogP) is -0.773. The summed E-state index contributed by atoms with van der Waals surface area (Å²) in [5.74, 6) is -0.324. The summed E-state index contributed by atoms with van der Waals surface area (Å²) in [5, 5.41) is 0. The molecule has 88 valence electrons. The molecule has 1 aliphatic carbocycles. The fraction of sp³-hybridized carbons (Fsp3) is 0.889. The lowest BCUT2D eigenvalue weighted by Crippen LogP contribution is -2.45. The number of nitrogens with zero attached hydrogens (tertiary/aromatic N) is 1. The zero-order chi connectivity index (χ0) is 11.6. The molecule has 1 rings (SSSR count). The van der Waals surface area contributed by atoms with Crippen molar-refractivity contribution in [3.05, 3.63) is 0 Å². The van der Waals surface area contributed by atoms with Crippen LogP contribution in [0.4, 0.5) is 0 Å². The first kappa shape index (κ1) is 12.4. The molecular weight excluding hydrogens is 216 g/mol. The molecule has 0 saturated heterocycles. The SMILES string of the molecule is CN(C(=O)CS(C)(=O)=O)C(CN)C1CC1. The maximum Gasteiger partial charge on any atom is 0.237 e. The highest BCUT2D eigenvalue weighted by Crippen LogP contribution is 2.34. The van der Waals surface area contributed by atoms with Crippen molar-refractivity contribution in [1.29, 1.82) is 0 Å². The summed E-state index contributed by atoms with van der Waals surface area (Å²) in [6.07, 6.45) is 3.23. The number of likely N-dealkylation sites (N-methyl/N-ethyl adjacent to an activating group) is 1. The summed E-state index contributed by atoms with van der Waals surface area (Å²) < 4.78 is 21.9. The molecule has 0 aromatic heterocycles. The lowest BCUT2D eigenvalue weighted by molar-refractivity contribution is -0.129. The topological polar surface area (TPSA) is 80.5 Å². The molecule has 5 nitrogen and oxygen atoms in total. The molecule has 1 aliphatic rings. The van der Waals surface area contributed by atoms with Crippen LogP contribution in [-0.2, 0) is 14.6 Å². The van der Waals surface area contributed by atoms with Crippen molar-refractivity contribution >= 4 is 15.7 Å². The zero-order valence-electron chi connectivity index (χ0n) is 9.14. The van der Waals surface area contributed by atoms with Crippen molar-refractivity contribution in [2.45, 2.75) is 18.9 Å². The van der Waals surface area contributed by atoms with E-state index in [0.29, 0.717) is 12.5 Å². The Kier molecular flexibility index (Phi) is 3.72. The summed E-state index contributed by atoms with van der Waals surface area (Å²) in [7, 11) is -1.62. The molecule has 0 heterocycles. The van der Waals surface area contributed by atoms with Gasteiger partial charge in [0.05, 0.1) is 0 Å². The van der Waals surface area contributed by atoms with E-state index in [1.165, 1.54) is 4.90 Å². The highest BCUT2D eigenvalue weighted by atomic mass is 32.2. The molecule has 0 bridgehead atoms.